The molecule has 0 amide bonds. The molecule has 4 aromatic rings. The van der Waals surface area contributed by atoms with Crippen LogP contribution in [-0.2, 0) is 19.5 Å². The summed E-state index contributed by atoms with van der Waals surface area (Å²) in [4.78, 5) is 12.3. The lowest BCUT2D eigenvalue weighted by Crippen LogP contribution is -2.45. The number of pyridine rings is 1. The van der Waals surface area contributed by atoms with Crippen molar-refractivity contribution in [3.63, 3.8) is 0 Å². The van der Waals surface area contributed by atoms with E-state index in [0.717, 1.165) is 16.8 Å². The number of hydrogen-bond donors (Lipinski definition) is 2. The van der Waals surface area contributed by atoms with Gasteiger partial charge in [0.1, 0.15) is 5.82 Å². The Morgan fingerprint density at radius 2 is 1.67 bits per heavy atom. The van der Waals surface area contributed by atoms with E-state index < -0.39 is 21.7 Å². The number of imidazole rings is 1. The van der Waals surface area contributed by atoms with Crippen LogP contribution in [0.4, 0.5) is 4.39 Å². The van der Waals surface area contributed by atoms with Crippen LogP contribution in [0.25, 0.3) is 22.5 Å². The van der Waals surface area contributed by atoms with Crippen LogP contribution in [0.2, 0.25) is 0 Å². The van der Waals surface area contributed by atoms with Gasteiger partial charge in [0.05, 0.1) is 29.5 Å². The Morgan fingerprint density at radius 3 is 2.33 bits per heavy atom. The SMILES string of the molecule is CC1(CNS(=O)(=O)c2ccccc2)COC(c2nc(-c3ccc(F)cc3)c(-c3ccncc3)[nH]2)OC1. The monoisotopic (exact) mass is 508 g/mol. The maximum Gasteiger partial charge on any atom is 0.240 e. The van der Waals surface area contributed by atoms with E-state index in [2.05, 4.69) is 14.7 Å². The summed E-state index contributed by atoms with van der Waals surface area (Å²) in [5.41, 5.74) is 2.39. The van der Waals surface area contributed by atoms with E-state index in [0.29, 0.717) is 11.5 Å². The number of aromatic amines is 1. The molecule has 2 aromatic carbocycles. The van der Waals surface area contributed by atoms with Gasteiger partial charge in [0.25, 0.3) is 0 Å². The van der Waals surface area contributed by atoms with E-state index in [9.17, 15) is 12.8 Å². The second kappa shape index (κ2) is 9.90. The lowest BCUT2D eigenvalue weighted by molar-refractivity contribution is -0.231. The van der Waals surface area contributed by atoms with Crippen LogP contribution in [-0.4, -0.2) is 43.1 Å². The van der Waals surface area contributed by atoms with E-state index in [1.165, 1.54) is 12.1 Å². The molecule has 5 rings (SSSR count). The molecule has 0 unspecified atom stereocenters. The van der Waals surface area contributed by atoms with Gasteiger partial charge in [-0.05, 0) is 48.5 Å². The maximum atomic E-state index is 13.5. The summed E-state index contributed by atoms with van der Waals surface area (Å²) < 4.78 is 53.3. The molecule has 2 N–H and O–H groups in total. The van der Waals surface area contributed by atoms with Crippen molar-refractivity contribution in [3.05, 3.63) is 90.8 Å². The number of halogens is 1. The second-order valence-electron chi connectivity index (χ2n) is 8.99. The Kier molecular flexibility index (Phi) is 6.67. The van der Waals surface area contributed by atoms with Gasteiger partial charge in [0.2, 0.25) is 16.3 Å². The Bertz CT molecular complexity index is 1420. The van der Waals surface area contributed by atoms with Crippen molar-refractivity contribution in [2.24, 2.45) is 5.41 Å². The number of ether oxygens (including phenoxy) is 2. The van der Waals surface area contributed by atoms with Crippen LogP contribution in [0.1, 0.15) is 19.0 Å². The molecule has 36 heavy (non-hydrogen) atoms. The molecule has 0 saturated carbocycles. The summed E-state index contributed by atoms with van der Waals surface area (Å²) in [6.45, 7) is 2.56. The van der Waals surface area contributed by atoms with Gasteiger partial charge in [-0.1, -0.05) is 25.1 Å². The normalized spacial score (nSPS) is 20.3. The summed E-state index contributed by atoms with van der Waals surface area (Å²) in [6, 6.07) is 18.0. The molecule has 1 aliphatic heterocycles. The van der Waals surface area contributed by atoms with Crippen LogP contribution in [0, 0.1) is 11.2 Å². The largest absolute Gasteiger partial charge is 0.345 e. The lowest BCUT2D eigenvalue weighted by Gasteiger charge is -2.36. The molecule has 1 aliphatic rings. The van der Waals surface area contributed by atoms with Crippen molar-refractivity contribution in [1.29, 1.82) is 0 Å². The molecular formula is C26H25FN4O4S. The molecule has 0 aliphatic carbocycles. The zero-order chi connectivity index (χ0) is 25.2. The van der Waals surface area contributed by atoms with Crippen LogP contribution in [0.3, 0.4) is 0 Å². The molecule has 3 heterocycles. The fourth-order valence-electron chi connectivity index (χ4n) is 3.90. The van der Waals surface area contributed by atoms with Gasteiger partial charge in [-0.2, -0.15) is 0 Å². The topological polar surface area (TPSA) is 106 Å². The highest BCUT2D eigenvalue weighted by molar-refractivity contribution is 7.89. The highest BCUT2D eigenvalue weighted by atomic mass is 32.2. The van der Waals surface area contributed by atoms with Crippen LogP contribution < -0.4 is 4.72 Å². The zero-order valence-corrected chi connectivity index (χ0v) is 20.3. The van der Waals surface area contributed by atoms with E-state index >= 15 is 0 Å². The number of sulfonamides is 1. The zero-order valence-electron chi connectivity index (χ0n) is 19.5. The Balaban J connectivity index is 1.32. The third-order valence-electron chi connectivity index (χ3n) is 5.94. The van der Waals surface area contributed by atoms with Gasteiger partial charge in [0, 0.05) is 35.5 Å². The molecule has 0 bridgehead atoms. The molecule has 2 aromatic heterocycles. The number of hydrogen-bond acceptors (Lipinski definition) is 6. The first kappa shape index (κ1) is 24.3. The summed E-state index contributed by atoms with van der Waals surface area (Å²) in [5, 5.41) is 0. The minimum Gasteiger partial charge on any atom is -0.345 e. The van der Waals surface area contributed by atoms with E-state index in [4.69, 9.17) is 14.5 Å². The summed E-state index contributed by atoms with van der Waals surface area (Å²) in [5.74, 6) is 0.133. The molecule has 1 fully saturated rings. The smallest absolute Gasteiger partial charge is 0.240 e. The number of aromatic nitrogens is 3. The van der Waals surface area contributed by atoms with E-state index in [1.807, 2.05) is 19.1 Å². The van der Waals surface area contributed by atoms with E-state index in [-0.39, 0.29) is 30.5 Å². The Hall–Kier alpha value is -3.44. The molecular weight excluding hydrogens is 483 g/mol. The first-order chi connectivity index (χ1) is 17.3. The Labute approximate surface area is 208 Å². The van der Waals surface area contributed by atoms with Crippen molar-refractivity contribution in [3.8, 4) is 22.5 Å². The number of nitrogens with zero attached hydrogens (tertiary/aromatic N) is 2. The van der Waals surface area contributed by atoms with Crippen LogP contribution in [0.15, 0.2) is 84.0 Å². The molecule has 0 radical (unpaired) electrons. The number of rotatable bonds is 7. The van der Waals surface area contributed by atoms with Gasteiger partial charge in [-0.25, -0.2) is 22.5 Å². The first-order valence-corrected chi connectivity index (χ1v) is 12.9. The third-order valence-corrected chi connectivity index (χ3v) is 7.36. The molecule has 186 valence electrons. The van der Waals surface area contributed by atoms with Crippen molar-refractivity contribution in [2.75, 3.05) is 19.8 Å². The third kappa shape index (κ3) is 5.21. The van der Waals surface area contributed by atoms with Crippen LogP contribution >= 0.6 is 0 Å². The van der Waals surface area contributed by atoms with Crippen molar-refractivity contribution in [1.82, 2.24) is 19.7 Å². The fraction of sp³-hybridized carbons (Fsp3) is 0.231. The van der Waals surface area contributed by atoms with Crippen LogP contribution in [0.5, 0.6) is 0 Å². The second-order valence-corrected chi connectivity index (χ2v) is 10.8. The van der Waals surface area contributed by atoms with Gasteiger partial charge < -0.3 is 14.5 Å². The number of H-pyrrole nitrogens is 1. The van der Waals surface area contributed by atoms with Gasteiger partial charge in [-0.15, -0.1) is 0 Å². The predicted molar refractivity (Wildman–Crippen MR) is 132 cm³/mol. The van der Waals surface area contributed by atoms with Crippen molar-refractivity contribution in [2.45, 2.75) is 18.1 Å². The standard InChI is InChI=1S/C26H25FN4O4S/c1-26(15-29-36(32,33)21-5-3-2-4-6-21)16-34-25(35-17-26)24-30-22(18-7-9-20(27)10-8-18)23(31-24)19-11-13-28-14-12-19/h2-14,25,29H,15-17H2,1H3,(H,30,31). The van der Waals surface area contributed by atoms with Crippen molar-refractivity contribution >= 4 is 10.0 Å². The average molecular weight is 509 g/mol. The van der Waals surface area contributed by atoms with Gasteiger partial charge in [-0.3, -0.25) is 4.98 Å². The molecule has 8 nitrogen and oxygen atoms in total. The lowest BCUT2D eigenvalue weighted by atomic mass is 9.92. The summed E-state index contributed by atoms with van der Waals surface area (Å²) in [7, 11) is -3.64. The summed E-state index contributed by atoms with van der Waals surface area (Å²) >= 11 is 0. The highest BCUT2D eigenvalue weighted by Crippen LogP contribution is 2.35. The highest BCUT2D eigenvalue weighted by Gasteiger charge is 2.36. The number of nitrogens with one attached hydrogen (secondary N) is 2. The quantitative estimate of drug-likeness (QED) is 0.385. The van der Waals surface area contributed by atoms with E-state index in [1.54, 1.807) is 54.9 Å². The molecule has 1 saturated heterocycles. The minimum absolute atomic E-state index is 0.151. The number of benzene rings is 2. The molecule has 10 heteroatoms. The van der Waals surface area contributed by atoms with Crippen molar-refractivity contribution < 1.29 is 22.3 Å². The van der Waals surface area contributed by atoms with Gasteiger partial charge in [0.15, 0.2) is 5.82 Å². The maximum absolute atomic E-state index is 13.5. The molecule has 0 spiro atoms. The minimum atomic E-state index is -3.64. The fourth-order valence-corrected chi connectivity index (χ4v) is 5.12. The first-order valence-electron chi connectivity index (χ1n) is 11.4. The Morgan fingerprint density at radius 1 is 1.00 bits per heavy atom. The van der Waals surface area contributed by atoms with Gasteiger partial charge >= 0.3 is 0 Å². The average Bonchev–Trinajstić information content (AvgIpc) is 3.35. The molecule has 0 atom stereocenters. The predicted octanol–water partition coefficient (Wildman–Crippen LogP) is 4.31. The summed E-state index contributed by atoms with van der Waals surface area (Å²) in [6.07, 6.45) is 2.60.